The van der Waals surface area contributed by atoms with Crippen molar-refractivity contribution < 1.29 is 5.11 Å². The van der Waals surface area contributed by atoms with Gasteiger partial charge in [0, 0.05) is 12.1 Å². The van der Waals surface area contributed by atoms with E-state index in [4.69, 9.17) is 0 Å². The molecular weight excluding hydrogens is 234 g/mol. The minimum absolute atomic E-state index is 0.293. The van der Waals surface area contributed by atoms with Gasteiger partial charge < -0.3 is 5.11 Å². The summed E-state index contributed by atoms with van der Waals surface area (Å²) in [6, 6.07) is 10.9. The predicted molar refractivity (Wildman–Crippen MR) is 78.1 cm³/mol. The Morgan fingerprint density at radius 1 is 1.21 bits per heavy atom. The molecule has 2 aliphatic rings. The van der Waals surface area contributed by atoms with E-state index < -0.39 is 0 Å². The lowest BCUT2D eigenvalue weighted by molar-refractivity contribution is -0.0229. The second-order valence-corrected chi connectivity index (χ2v) is 6.35. The normalized spacial score (nSPS) is 31.3. The van der Waals surface area contributed by atoms with Crippen LogP contribution in [0.3, 0.4) is 0 Å². The highest BCUT2D eigenvalue weighted by atomic mass is 16.3. The maximum Gasteiger partial charge on any atom is 0.0558 e. The number of hydrogen-bond acceptors (Lipinski definition) is 2. The molecule has 1 heterocycles. The van der Waals surface area contributed by atoms with Crippen molar-refractivity contribution in [2.24, 2.45) is 5.92 Å². The maximum absolute atomic E-state index is 9.35. The van der Waals surface area contributed by atoms with Crippen molar-refractivity contribution >= 4 is 0 Å². The molecule has 0 radical (unpaired) electrons. The first-order valence-corrected chi connectivity index (χ1v) is 7.72. The average molecular weight is 259 g/mol. The lowest BCUT2D eigenvalue weighted by Gasteiger charge is -2.53. The molecule has 2 nitrogen and oxygen atoms in total. The van der Waals surface area contributed by atoms with Gasteiger partial charge in [-0.2, -0.15) is 0 Å². The van der Waals surface area contributed by atoms with Gasteiger partial charge in [0.05, 0.1) is 6.61 Å². The summed E-state index contributed by atoms with van der Waals surface area (Å²) in [7, 11) is 0. The van der Waals surface area contributed by atoms with Gasteiger partial charge in [-0.1, -0.05) is 43.2 Å². The highest BCUT2D eigenvalue weighted by Gasteiger charge is 2.43. The van der Waals surface area contributed by atoms with Gasteiger partial charge in [-0.3, -0.25) is 4.90 Å². The van der Waals surface area contributed by atoms with Crippen LogP contribution in [-0.2, 0) is 6.42 Å². The first-order valence-electron chi connectivity index (χ1n) is 7.72. The van der Waals surface area contributed by atoms with Crippen LogP contribution in [0.4, 0.5) is 0 Å². The van der Waals surface area contributed by atoms with Gasteiger partial charge in [-0.15, -0.1) is 0 Å². The molecule has 2 atom stereocenters. The van der Waals surface area contributed by atoms with Gasteiger partial charge in [0.2, 0.25) is 0 Å². The van der Waals surface area contributed by atoms with E-state index in [9.17, 15) is 5.11 Å². The Bertz CT molecular complexity index is 405. The van der Waals surface area contributed by atoms with Crippen molar-refractivity contribution in [3.8, 4) is 0 Å². The number of aliphatic hydroxyl groups is 1. The fourth-order valence-corrected chi connectivity index (χ4v) is 4.29. The molecule has 1 aliphatic carbocycles. The molecule has 1 saturated carbocycles. The summed E-state index contributed by atoms with van der Waals surface area (Å²) in [5.74, 6) is 0.924. The molecule has 0 aromatic heterocycles. The lowest BCUT2D eigenvalue weighted by atomic mass is 9.68. The van der Waals surface area contributed by atoms with E-state index in [1.807, 2.05) is 0 Å². The van der Waals surface area contributed by atoms with Gasteiger partial charge in [0.1, 0.15) is 0 Å². The minimum atomic E-state index is 0.293. The largest absolute Gasteiger partial charge is 0.395 e. The Kier molecular flexibility index (Phi) is 3.90. The van der Waals surface area contributed by atoms with Crippen LogP contribution < -0.4 is 0 Å². The van der Waals surface area contributed by atoms with E-state index in [-0.39, 0.29) is 0 Å². The molecule has 2 bridgehead atoms. The second-order valence-electron chi connectivity index (χ2n) is 6.35. The number of likely N-dealkylation sites (tertiary alicyclic amines) is 1. The van der Waals surface area contributed by atoms with Gasteiger partial charge in [0.25, 0.3) is 0 Å². The summed E-state index contributed by atoms with van der Waals surface area (Å²) >= 11 is 0. The molecule has 2 heteroatoms. The van der Waals surface area contributed by atoms with Crippen LogP contribution in [0.1, 0.15) is 37.7 Å². The van der Waals surface area contributed by atoms with Crippen molar-refractivity contribution in [1.29, 1.82) is 0 Å². The summed E-state index contributed by atoms with van der Waals surface area (Å²) in [4.78, 5) is 2.58. The number of nitrogens with zero attached hydrogens (tertiary/aromatic N) is 1. The Balaban J connectivity index is 1.83. The van der Waals surface area contributed by atoms with E-state index in [0.29, 0.717) is 12.1 Å². The van der Waals surface area contributed by atoms with Crippen LogP contribution in [-0.4, -0.2) is 35.2 Å². The SMILES string of the molecule is OCCN1CC[C@H]2CCC[C@]1(Cc1ccccc1)C2. The molecule has 1 saturated heterocycles. The van der Waals surface area contributed by atoms with Crippen LogP contribution in [0.15, 0.2) is 30.3 Å². The number of β-amino-alcohol motifs (C(OH)–C–C–N with tert-alkyl or cyclic N) is 1. The van der Waals surface area contributed by atoms with Crippen molar-refractivity contribution in [3.63, 3.8) is 0 Å². The summed E-state index contributed by atoms with van der Waals surface area (Å²) in [6.45, 7) is 2.32. The fourth-order valence-electron chi connectivity index (χ4n) is 4.29. The summed E-state index contributed by atoms with van der Waals surface area (Å²) in [5, 5.41) is 9.35. The highest BCUT2D eigenvalue weighted by molar-refractivity contribution is 5.19. The molecule has 0 unspecified atom stereocenters. The van der Waals surface area contributed by atoms with Crippen LogP contribution in [0.25, 0.3) is 0 Å². The molecule has 104 valence electrons. The third-order valence-corrected chi connectivity index (χ3v) is 5.15. The van der Waals surface area contributed by atoms with E-state index in [1.54, 1.807) is 0 Å². The molecule has 1 N–H and O–H groups in total. The third-order valence-electron chi connectivity index (χ3n) is 5.15. The Labute approximate surface area is 116 Å². The van der Waals surface area contributed by atoms with E-state index in [0.717, 1.165) is 18.9 Å². The molecule has 2 fully saturated rings. The molecule has 0 amide bonds. The molecule has 1 aromatic carbocycles. The molecule has 19 heavy (non-hydrogen) atoms. The van der Waals surface area contributed by atoms with Crippen molar-refractivity contribution in [1.82, 2.24) is 4.90 Å². The summed E-state index contributed by atoms with van der Waals surface area (Å²) < 4.78 is 0. The van der Waals surface area contributed by atoms with E-state index in [1.165, 1.54) is 44.2 Å². The van der Waals surface area contributed by atoms with Crippen LogP contribution in [0.2, 0.25) is 0 Å². The summed E-state index contributed by atoms with van der Waals surface area (Å²) in [6.07, 6.45) is 7.91. The first-order chi connectivity index (χ1) is 9.32. The predicted octanol–water partition coefficient (Wildman–Crippen LogP) is 2.86. The van der Waals surface area contributed by atoms with Crippen LogP contribution >= 0.6 is 0 Å². The Hall–Kier alpha value is -0.860. The first kappa shape index (κ1) is 13.1. The molecule has 1 aliphatic heterocycles. The van der Waals surface area contributed by atoms with Gasteiger partial charge in [-0.05, 0) is 43.7 Å². The molecule has 3 rings (SSSR count). The maximum atomic E-state index is 9.35. The topological polar surface area (TPSA) is 23.5 Å². The van der Waals surface area contributed by atoms with Gasteiger partial charge >= 0.3 is 0 Å². The third kappa shape index (κ3) is 2.70. The van der Waals surface area contributed by atoms with Crippen molar-refractivity contribution in [2.75, 3.05) is 19.7 Å². The number of benzene rings is 1. The summed E-state index contributed by atoms with van der Waals surface area (Å²) in [5.41, 5.74) is 1.78. The van der Waals surface area contributed by atoms with Gasteiger partial charge in [-0.25, -0.2) is 0 Å². The lowest BCUT2D eigenvalue weighted by Crippen LogP contribution is -2.57. The standard InChI is InChI=1S/C17H25NO/c19-12-11-18-10-8-16-7-4-9-17(18,14-16)13-15-5-2-1-3-6-15/h1-3,5-6,16,19H,4,7-14H2/t16-,17+/m1/s1. The number of fused-ring (bicyclic) bond motifs is 2. The second kappa shape index (κ2) is 5.64. The quantitative estimate of drug-likeness (QED) is 0.899. The van der Waals surface area contributed by atoms with E-state index >= 15 is 0 Å². The smallest absolute Gasteiger partial charge is 0.0558 e. The monoisotopic (exact) mass is 259 g/mol. The highest BCUT2D eigenvalue weighted by Crippen LogP contribution is 2.44. The van der Waals surface area contributed by atoms with Crippen molar-refractivity contribution in [3.05, 3.63) is 35.9 Å². The molecular formula is C17H25NO. The van der Waals surface area contributed by atoms with E-state index in [2.05, 4.69) is 35.2 Å². The molecule has 0 spiro atoms. The zero-order valence-electron chi connectivity index (χ0n) is 11.7. The van der Waals surface area contributed by atoms with Crippen LogP contribution in [0.5, 0.6) is 0 Å². The Morgan fingerprint density at radius 3 is 2.84 bits per heavy atom. The average Bonchev–Trinajstić information content (AvgIpc) is 2.44. The number of rotatable bonds is 4. The number of piperidine rings is 1. The van der Waals surface area contributed by atoms with Crippen LogP contribution in [0, 0.1) is 5.92 Å². The fraction of sp³-hybridized carbons (Fsp3) is 0.647. The van der Waals surface area contributed by atoms with Gasteiger partial charge in [0.15, 0.2) is 0 Å². The number of hydrogen-bond donors (Lipinski definition) is 1. The zero-order chi connectivity index (χ0) is 13.1. The number of aliphatic hydroxyl groups excluding tert-OH is 1. The zero-order valence-corrected chi connectivity index (χ0v) is 11.7. The molecule has 1 aromatic rings. The minimum Gasteiger partial charge on any atom is -0.395 e. The Morgan fingerprint density at radius 2 is 2.05 bits per heavy atom. The van der Waals surface area contributed by atoms with Crippen molar-refractivity contribution in [2.45, 2.75) is 44.1 Å².